The third kappa shape index (κ3) is 1.72. The summed E-state index contributed by atoms with van der Waals surface area (Å²) in [5, 5.41) is 0. The molecule has 3 heteroatoms. The monoisotopic (exact) mass is 208 g/mol. The van der Waals surface area contributed by atoms with Gasteiger partial charge in [-0.15, -0.1) is 0 Å². The zero-order chi connectivity index (χ0) is 11.1. The fourth-order valence-electron chi connectivity index (χ4n) is 2.06. The maximum atomic E-state index is 13.2. The molecule has 82 valence electrons. The number of nitrogens with zero attached hydrogens (tertiary/aromatic N) is 1. The van der Waals surface area contributed by atoms with E-state index in [4.69, 9.17) is 5.73 Å². The first-order chi connectivity index (χ1) is 7.09. The second-order valence-corrected chi connectivity index (χ2v) is 4.54. The molecule has 0 unspecified atom stereocenters. The van der Waals surface area contributed by atoms with Crippen LogP contribution in [0, 0.1) is 5.82 Å². The predicted octanol–water partition coefficient (Wildman–Crippen LogP) is 1.88. The maximum absolute atomic E-state index is 13.2. The third-order valence-corrected chi connectivity index (χ3v) is 3.26. The van der Waals surface area contributed by atoms with Crippen LogP contribution in [0.5, 0.6) is 0 Å². The molecule has 2 N–H and O–H groups in total. The van der Waals surface area contributed by atoms with Crippen molar-refractivity contribution in [2.45, 2.75) is 18.3 Å². The molecule has 15 heavy (non-hydrogen) atoms. The quantitative estimate of drug-likeness (QED) is 0.821. The summed E-state index contributed by atoms with van der Waals surface area (Å²) in [4.78, 5) is 2.02. The number of hydrogen-bond donors (Lipinski definition) is 1. The van der Waals surface area contributed by atoms with Crippen molar-refractivity contribution in [1.29, 1.82) is 0 Å². The van der Waals surface area contributed by atoms with Crippen LogP contribution in [0.1, 0.15) is 18.4 Å². The maximum Gasteiger partial charge on any atom is 0.123 e. The molecule has 0 saturated heterocycles. The van der Waals surface area contributed by atoms with Crippen molar-refractivity contribution in [3.05, 3.63) is 29.6 Å². The Labute approximate surface area is 89.9 Å². The van der Waals surface area contributed by atoms with Gasteiger partial charge in [-0.2, -0.15) is 0 Å². The second-order valence-electron chi connectivity index (χ2n) is 4.54. The summed E-state index contributed by atoms with van der Waals surface area (Å²) < 4.78 is 13.2. The van der Waals surface area contributed by atoms with Crippen molar-refractivity contribution >= 4 is 5.69 Å². The van der Waals surface area contributed by atoms with Gasteiger partial charge in [-0.25, -0.2) is 4.39 Å². The smallest absolute Gasteiger partial charge is 0.123 e. The molecule has 1 aromatic rings. The Hall–Kier alpha value is -1.09. The minimum absolute atomic E-state index is 0.0434. The van der Waals surface area contributed by atoms with Gasteiger partial charge in [0.05, 0.1) is 0 Å². The van der Waals surface area contributed by atoms with E-state index in [9.17, 15) is 4.39 Å². The lowest BCUT2D eigenvalue weighted by molar-refractivity contribution is 0.616. The topological polar surface area (TPSA) is 29.3 Å². The van der Waals surface area contributed by atoms with Gasteiger partial charge in [0.2, 0.25) is 0 Å². The van der Waals surface area contributed by atoms with Crippen LogP contribution in [0.15, 0.2) is 18.2 Å². The molecule has 0 atom stereocenters. The molecule has 1 fully saturated rings. The first-order valence-corrected chi connectivity index (χ1v) is 5.26. The summed E-state index contributed by atoms with van der Waals surface area (Å²) in [6.07, 6.45) is 2.15. The summed E-state index contributed by atoms with van der Waals surface area (Å²) in [5.74, 6) is -0.171. The van der Waals surface area contributed by atoms with E-state index in [-0.39, 0.29) is 11.2 Å². The van der Waals surface area contributed by atoms with Gasteiger partial charge in [-0.3, -0.25) is 0 Å². The molecule has 1 aromatic carbocycles. The largest absolute Gasteiger partial charge is 0.377 e. The SMILES string of the molecule is CN(C)c1ccc(F)cc1C1(CN)CC1. The minimum Gasteiger partial charge on any atom is -0.377 e. The molecule has 2 nitrogen and oxygen atoms in total. The molecule has 0 spiro atoms. The van der Waals surface area contributed by atoms with Crippen LogP contribution in [0.25, 0.3) is 0 Å². The molecule has 2 rings (SSSR count). The molecule has 0 bridgehead atoms. The van der Waals surface area contributed by atoms with Gasteiger partial charge >= 0.3 is 0 Å². The molecule has 1 saturated carbocycles. The molecule has 1 aliphatic rings. The average Bonchev–Trinajstić information content (AvgIpc) is 2.97. The fraction of sp³-hybridized carbons (Fsp3) is 0.500. The summed E-state index contributed by atoms with van der Waals surface area (Å²) >= 11 is 0. The molecular weight excluding hydrogens is 191 g/mol. The van der Waals surface area contributed by atoms with Crippen LogP contribution in [-0.2, 0) is 5.41 Å². The standard InChI is InChI=1S/C12H17FN2/c1-15(2)11-4-3-9(13)7-10(11)12(8-14)5-6-12/h3-4,7H,5-6,8,14H2,1-2H3. The van der Waals surface area contributed by atoms with Crippen LogP contribution >= 0.6 is 0 Å². The van der Waals surface area contributed by atoms with Gasteiger partial charge in [0, 0.05) is 31.7 Å². The zero-order valence-electron chi connectivity index (χ0n) is 9.26. The van der Waals surface area contributed by atoms with Crippen molar-refractivity contribution in [3.63, 3.8) is 0 Å². The van der Waals surface area contributed by atoms with Crippen LogP contribution in [-0.4, -0.2) is 20.6 Å². The molecule has 1 aliphatic carbocycles. The molecule has 0 amide bonds. The van der Waals surface area contributed by atoms with E-state index < -0.39 is 0 Å². The highest BCUT2D eigenvalue weighted by Crippen LogP contribution is 2.50. The van der Waals surface area contributed by atoms with Gasteiger partial charge < -0.3 is 10.6 Å². The Morgan fingerprint density at radius 2 is 2.07 bits per heavy atom. The number of rotatable bonds is 3. The number of hydrogen-bond acceptors (Lipinski definition) is 2. The van der Waals surface area contributed by atoms with Gasteiger partial charge in [-0.05, 0) is 36.6 Å². The number of halogens is 1. The van der Waals surface area contributed by atoms with Crippen molar-refractivity contribution in [1.82, 2.24) is 0 Å². The minimum atomic E-state index is -0.171. The summed E-state index contributed by atoms with van der Waals surface area (Å²) in [6.45, 7) is 0.608. The van der Waals surface area contributed by atoms with Crippen LogP contribution in [0.3, 0.4) is 0 Å². The zero-order valence-corrected chi connectivity index (χ0v) is 9.26. The van der Waals surface area contributed by atoms with E-state index in [1.807, 2.05) is 25.1 Å². The van der Waals surface area contributed by atoms with E-state index in [0.717, 1.165) is 24.1 Å². The summed E-state index contributed by atoms with van der Waals surface area (Å²) in [7, 11) is 3.95. The van der Waals surface area contributed by atoms with E-state index in [1.165, 1.54) is 6.07 Å². The van der Waals surface area contributed by atoms with Crippen LogP contribution in [0.4, 0.5) is 10.1 Å². The lowest BCUT2D eigenvalue weighted by Crippen LogP contribution is -2.23. The fourth-order valence-corrected chi connectivity index (χ4v) is 2.06. The normalized spacial score (nSPS) is 17.6. The molecule has 0 aromatic heterocycles. The Kier molecular flexibility index (Phi) is 2.43. The van der Waals surface area contributed by atoms with Crippen molar-refractivity contribution < 1.29 is 4.39 Å². The van der Waals surface area contributed by atoms with E-state index in [2.05, 4.69) is 0 Å². The predicted molar refractivity (Wildman–Crippen MR) is 60.7 cm³/mol. The van der Waals surface area contributed by atoms with E-state index in [0.29, 0.717) is 6.54 Å². The average molecular weight is 208 g/mol. The highest BCUT2D eigenvalue weighted by Gasteiger charge is 2.44. The van der Waals surface area contributed by atoms with Gasteiger partial charge in [-0.1, -0.05) is 0 Å². The lowest BCUT2D eigenvalue weighted by atomic mass is 9.94. The molecule has 0 aliphatic heterocycles. The Balaban J connectivity index is 2.48. The van der Waals surface area contributed by atoms with E-state index in [1.54, 1.807) is 6.07 Å². The number of anilines is 1. The van der Waals surface area contributed by atoms with Crippen molar-refractivity contribution in [3.8, 4) is 0 Å². The Morgan fingerprint density at radius 3 is 2.53 bits per heavy atom. The second kappa shape index (κ2) is 3.49. The van der Waals surface area contributed by atoms with Crippen molar-refractivity contribution in [2.75, 3.05) is 25.5 Å². The summed E-state index contributed by atoms with van der Waals surface area (Å²) in [6, 6.07) is 4.97. The Bertz CT molecular complexity index is 370. The number of benzene rings is 1. The van der Waals surface area contributed by atoms with Crippen molar-refractivity contribution in [2.24, 2.45) is 5.73 Å². The summed E-state index contributed by atoms with van der Waals surface area (Å²) in [5.41, 5.74) is 7.97. The number of nitrogens with two attached hydrogens (primary N) is 1. The van der Waals surface area contributed by atoms with Crippen LogP contribution < -0.4 is 10.6 Å². The molecular formula is C12H17FN2. The van der Waals surface area contributed by atoms with Gasteiger partial charge in [0.25, 0.3) is 0 Å². The van der Waals surface area contributed by atoms with E-state index >= 15 is 0 Å². The lowest BCUT2D eigenvalue weighted by Gasteiger charge is -2.22. The highest BCUT2D eigenvalue weighted by atomic mass is 19.1. The third-order valence-electron chi connectivity index (χ3n) is 3.26. The first kappa shape index (κ1) is 10.4. The van der Waals surface area contributed by atoms with Gasteiger partial charge in [0.15, 0.2) is 0 Å². The molecule has 0 radical (unpaired) electrons. The van der Waals surface area contributed by atoms with Crippen LogP contribution in [0.2, 0.25) is 0 Å². The first-order valence-electron chi connectivity index (χ1n) is 5.26. The Morgan fingerprint density at radius 1 is 1.40 bits per heavy atom. The van der Waals surface area contributed by atoms with Gasteiger partial charge in [0.1, 0.15) is 5.82 Å². The highest BCUT2D eigenvalue weighted by molar-refractivity contribution is 5.58. The molecule has 0 heterocycles.